The first-order chi connectivity index (χ1) is 9.81. The van der Waals surface area contributed by atoms with Gasteiger partial charge in [-0.2, -0.15) is 5.10 Å². The van der Waals surface area contributed by atoms with Gasteiger partial charge in [-0.25, -0.2) is 0 Å². The van der Waals surface area contributed by atoms with E-state index in [1.807, 2.05) is 53.2 Å². The predicted molar refractivity (Wildman–Crippen MR) is 90.0 cm³/mol. The standard InChI is InChI=1S/C15H18ClN3OS/c1-9-8-11(13-10(2)14(16)19(5)17-13)6-7-12(9)20-15(21)18(3)4/h6-8H,1-5H3. The first-order valence-corrected chi connectivity index (χ1v) is 7.29. The summed E-state index contributed by atoms with van der Waals surface area (Å²) in [5.41, 5.74) is 3.86. The molecule has 0 unspecified atom stereocenters. The summed E-state index contributed by atoms with van der Waals surface area (Å²) in [7, 11) is 5.54. The average Bonchev–Trinajstić information content (AvgIpc) is 2.68. The number of hydrogen-bond acceptors (Lipinski definition) is 3. The van der Waals surface area contributed by atoms with Crippen molar-refractivity contribution in [3.05, 3.63) is 34.5 Å². The van der Waals surface area contributed by atoms with Gasteiger partial charge in [0, 0.05) is 32.3 Å². The van der Waals surface area contributed by atoms with Crippen molar-refractivity contribution in [2.75, 3.05) is 14.1 Å². The van der Waals surface area contributed by atoms with Gasteiger partial charge in [-0.15, -0.1) is 0 Å². The van der Waals surface area contributed by atoms with Crippen LogP contribution in [0.1, 0.15) is 11.1 Å². The first-order valence-electron chi connectivity index (χ1n) is 6.50. The summed E-state index contributed by atoms with van der Waals surface area (Å²) in [5, 5.41) is 5.53. The summed E-state index contributed by atoms with van der Waals surface area (Å²) in [6.45, 7) is 3.95. The van der Waals surface area contributed by atoms with E-state index in [0.717, 1.165) is 28.1 Å². The van der Waals surface area contributed by atoms with Gasteiger partial charge in [-0.05, 0) is 49.8 Å². The lowest BCUT2D eigenvalue weighted by Crippen LogP contribution is -2.25. The van der Waals surface area contributed by atoms with E-state index in [0.29, 0.717) is 10.3 Å². The number of aryl methyl sites for hydroxylation is 2. The second kappa shape index (κ2) is 6.03. The average molecular weight is 324 g/mol. The van der Waals surface area contributed by atoms with Crippen LogP contribution < -0.4 is 4.74 Å². The summed E-state index contributed by atoms with van der Waals surface area (Å²) in [5.74, 6) is 0.747. The van der Waals surface area contributed by atoms with Gasteiger partial charge in [0.15, 0.2) is 0 Å². The van der Waals surface area contributed by atoms with Crippen LogP contribution in [0.5, 0.6) is 5.75 Å². The summed E-state index contributed by atoms with van der Waals surface area (Å²) in [6.07, 6.45) is 0. The zero-order valence-corrected chi connectivity index (χ0v) is 14.3. The second-order valence-corrected chi connectivity index (χ2v) is 5.84. The summed E-state index contributed by atoms with van der Waals surface area (Å²) in [6, 6.07) is 5.90. The van der Waals surface area contributed by atoms with Crippen LogP contribution in [0.25, 0.3) is 11.3 Å². The zero-order valence-electron chi connectivity index (χ0n) is 12.8. The number of nitrogens with zero attached hydrogens (tertiary/aromatic N) is 3. The number of rotatable bonds is 2. The molecule has 1 aromatic carbocycles. The van der Waals surface area contributed by atoms with Crippen molar-refractivity contribution in [1.29, 1.82) is 0 Å². The molecular weight excluding hydrogens is 306 g/mol. The zero-order chi connectivity index (χ0) is 15.7. The minimum Gasteiger partial charge on any atom is -0.432 e. The van der Waals surface area contributed by atoms with Crippen LogP contribution in [0.15, 0.2) is 18.2 Å². The van der Waals surface area contributed by atoms with E-state index in [1.165, 1.54) is 0 Å². The van der Waals surface area contributed by atoms with Gasteiger partial charge < -0.3 is 9.64 Å². The molecule has 2 aromatic rings. The highest BCUT2D eigenvalue weighted by Crippen LogP contribution is 2.30. The number of aromatic nitrogens is 2. The number of thiocarbonyl (C=S) groups is 1. The summed E-state index contributed by atoms with van der Waals surface area (Å²) < 4.78 is 7.34. The Morgan fingerprint density at radius 1 is 1.33 bits per heavy atom. The van der Waals surface area contributed by atoms with E-state index < -0.39 is 0 Å². The highest BCUT2D eigenvalue weighted by Gasteiger charge is 2.14. The van der Waals surface area contributed by atoms with E-state index in [4.69, 9.17) is 28.6 Å². The molecule has 0 N–H and O–H groups in total. The molecule has 1 aromatic heterocycles. The van der Waals surface area contributed by atoms with E-state index in [9.17, 15) is 0 Å². The van der Waals surface area contributed by atoms with Crippen LogP contribution in [-0.2, 0) is 7.05 Å². The van der Waals surface area contributed by atoms with Crippen LogP contribution in [0, 0.1) is 13.8 Å². The third-order valence-corrected chi connectivity index (χ3v) is 4.19. The molecule has 0 aliphatic heterocycles. The van der Waals surface area contributed by atoms with Gasteiger partial charge in [0.25, 0.3) is 5.17 Å². The third-order valence-electron chi connectivity index (χ3n) is 3.21. The summed E-state index contributed by atoms with van der Waals surface area (Å²) in [4.78, 5) is 1.76. The molecule has 0 spiro atoms. The fourth-order valence-corrected chi connectivity index (χ4v) is 2.20. The van der Waals surface area contributed by atoms with Gasteiger partial charge in [0.05, 0.1) is 5.69 Å². The molecule has 0 aliphatic carbocycles. The summed E-state index contributed by atoms with van der Waals surface area (Å²) >= 11 is 11.3. The Morgan fingerprint density at radius 2 is 2.00 bits per heavy atom. The highest BCUT2D eigenvalue weighted by atomic mass is 35.5. The minimum absolute atomic E-state index is 0.433. The van der Waals surface area contributed by atoms with Crippen molar-refractivity contribution in [2.24, 2.45) is 7.05 Å². The fraction of sp³-hybridized carbons (Fsp3) is 0.333. The largest absolute Gasteiger partial charge is 0.432 e. The van der Waals surface area contributed by atoms with Crippen LogP contribution >= 0.6 is 23.8 Å². The number of hydrogen-bond donors (Lipinski definition) is 0. The molecular formula is C15H18ClN3OS. The molecule has 0 amide bonds. The lowest BCUT2D eigenvalue weighted by atomic mass is 10.1. The smallest absolute Gasteiger partial charge is 0.264 e. The Labute approximate surface area is 135 Å². The molecule has 6 heteroatoms. The molecule has 2 rings (SSSR count). The van der Waals surface area contributed by atoms with Crippen molar-refractivity contribution in [1.82, 2.24) is 14.7 Å². The van der Waals surface area contributed by atoms with Gasteiger partial charge >= 0.3 is 0 Å². The number of ether oxygens (including phenoxy) is 1. The Kier molecular flexibility index (Phi) is 4.54. The van der Waals surface area contributed by atoms with E-state index in [-0.39, 0.29) is 0 Å². The Hall–Kier alpha value is -1.59. The maximum Gasteiger partial charge on any atom is 0.264 e. The van der Waals surface area contributed by atoms with Crippen molar-refractivity contribution in [2.45, 2.75) is 13.8 Å². The first kappa shape index (κ1) is 15.8. The maximum atomic E-state index is 6.18. The monoisotopic (exact) mass is 323 g/mol. The molecule has 21 heavy (non-hydrogen) atoms. The third kappa shape index (κ3) is 3.19. The SMILES string of the molecule is Cc1cc(-c2nn(C)c(Cl)c2C)ccc1OC(=S)N(C)C. The predicted octanol–water partition coefficient (Wildman–Crippen LogP) is 3.58. The normalized spacial score (nSPS) is 10.6. The molecule has 0 atom stereocenters. The highest BCUT2D eigenvalue weighted by molar-refractivity contribution is 7.80. The molecule has 4 nitrogen and oxygen atoms in total. The molecule has 1 heterocycles. The lowest BCUT2D eigenvalue weighted by Gasteiger charge is -2.15. The number of halogens is 1. The van der Waals surface area contributed by atoms with E-state index in [2.05, 4.69) is 5.10 Å². The molecule has 0 bridgehead atoms. The van der Waals surface area contributed by atoms with Gasteiger partial charge in [-0.3, -0.25) is 4.68 Å². The Morgan fingerprint density at radius 3 is 2.48 bits per heavy atom. The molecule has 0 fully saturated rings. The van der Waals surface area contributed by atoms with Crippen molar-refractivity contribution in [3.8, 4) is 17.0 Å². The van der Waals surface area contributed by atoms with Crippen LogP contribution in [0.2, 0.25) is 5.15 Å². The maximum absolute atomic E-state index is 6.18. The Balaban J connectivity index is 2.35. The minimum atomic E-state index is 0.433. The fourth-order valence-electron chi connectivity index (χ4n) is 1.98. The molecule has 0 radical (unpaired) electrons. The molecule has 0 saturated carbocycles. The van der Waals surface area contributed by atoms with Crippen molar-refractivity contribution in [3.63, 3.8) is 0 Å². The van der Waals surface area contributed by atoms with Crippen LogP contribution in [-0.4, -0.2) is 34.0 Å². The van der Waals surface area contributed by atoms with E-state index in [1.54, 1.807) is 9.58 Å². The van der Waals surface area contributed by atoms with Crippen LogP contribution in [0.4, 0.5) is 0 Å². The topological polar surface area (TPSA) is 30.3 Å². The quantitative estimate of drug-likeness (QED) is 0.790. The van der Waals surface area contributed by atoms with Crippen LogP contribution in [0.3, 0.4) is 0 Å². The van der Waals surface area contributed by atoms with Crippen molar-refractivity contribution >= 4 is 29.0 Å². The van der Waals surface area contributed by atoms with Gasteiger partial charge in [0.1, 0.15) is 10.9 Å². The Bertz CT molecular complexity index is 694. The molecule has 0 aliphatic rings. The van der Waals surface area contributed by atoms with Crippen molar-refractivity contribution < 1.29 is 4.74 Å². The molecule has 112 valence electrons. The lowest BCUT2D eigenvalue weighted by molar-refractivity contribution is 0.447. The number of benzene rings is 1. The molecule has 0 saturated heterocycles. The van der Waals surface area contributed by atoms with Gasteiger partial charge in [0.2, 0.25) is 0 Å². The van der Waals surface area contributed by atoms with Gasteiger partial charge in [-0.1, -0.05) is 11.6 Å². The van der Waals surface area contributed by atoms with E-state index >= 15 is 0 Å². The second-order valence-electron chi connectivity index (χ2n) is 5.13.